The maximum atomic E-state index is 12.2. The molecular formula is C13H14ClN5O2. The van der Waals surface area contributed by atoms with Crippen LogP contribution in [0.5, 0.6) is 0 Å². The Hall–Kier alpha value is -2.15. The standard InChI is InChI=1S/C13H14ClN5O2/c14-10-5-1-2-6-11(10)19-13(21)18(15-16-19)9-12(20)17-7-3-4-8-17/h1-2,5-6H,3-4,7-9H2. The lowest BCUT2D eigenvalue weighted by Gasteiger charge is -2.13. The summed E-state index contributed by atoms with van der Waals surface area (Å²) in [6.07, 6.45) is 2.01. The van der Waals surface area contributed by atoms with Gasteiger partial charge in [-0.05, 0) is 35.4 Å². The van der Waals surface area contributed by atoms with E-state index in [2.05, 4.69) is 10.4 Å². The number of amides is 1. The van der Waals surface area contributed by atoms with Crippen LogP contribution in [0, 0.1) is 0 Å². The summed E-state index contributed by atoms with van der Waals surface area (Å²) in [4.78, 5) is 26.0. The van der Waals surface area contributed by atoms with Crippen LogP contribution in [0.25, 0.3) is 5.69 Å². The predicted molar refractivity (Wildman–Crippen MR) is 76.4 cm³/mol. The van der Waals surface area contributed by atoms with Crippen molar-refractivity contribution in [3.05, 3.63) is 39.8 Å². The first-order valence-corrected chi connectivity index (χ1v) is 7.10. The molecule has 2 aromatic rings. The molecule has 21 heavy (non-hydrogen) atoms. The number of tetrazole rings is 1. The van der Waals surface area contributed by atoms with Crippen molar-refractivity contribution in [1.82, 2.24) is 24.7 Å². The summed E-state index contributed by atoms with van der Waals surface area (Å²) >= 11 is 6.04. The van der Waals surface area contributed by atoms with Crippen LogP contribution < -0.4 is 5.69 Å². The van der Waals surface area contributed by atoms with E-state index in [1.54, 1.807) is 29.2 Å². The molecule has 0 bridgehead atoms. The fourth-order valence-electron chi connectivity index (χ4n) is 2.34. The minimum atomic E-state index is -0.476. The van der Waals surface area contributed by atoms with Crippen molar-refractivity contribution in [3.63, 3.8) is 0 Å². The zero-order valence-corrected chi connectivity index (χ0v) is 12.0. The molecule has 0 N–H and O–H groups in total. The smallest absolute Gasteiger partial charge is 0.341 e. The van der Waals surface area contributed by atoms with Gasteiger partial charge in [0.1, 0.15) is 6.54 Å². The van der Waals surface area contributed by atoms with Gasteiger partial charge in [-0.15, -0.1) is 0 Å². The molecule has 1 fully saturated rings. The lowest BCUT2D eigenvalue weighted by molar-refractivity contribution is -0.131. The van der Waals surface area contributed by atoms with E-state index in [0.29, 0.717) is 10.7 Å². The van der Waals surface area contributed by atoms with Crippen LogP contribution in [0.4, 0.5) is 0 Å². The minimum absolute atomic E-state index is 0.0940. The van der Waals surface area contributed by atoms with E-state index in [1.165, 1.54) is 0 Å². The number of carbonyl (C=O) groups is 1. The molecule has 1 aromatic carbocycles. The van der Waals surface area contributed by atoms with Crippen molar-refractivity contribution in [2.75, 3.05) is 13.1 Å². The second kappa shape index (κ2) is 5.69. The summed E-state index contributed by atoms with van der Waals surface area (Å²) in [6.45, 7) is 1.39. The number of likely N-dealkylation sites (tertiary alicyclic amines) is 1. The van der Waals surface area contributed by atoms with Gasteiger partial charge < -0.3 is 4.90 Å². The zero-order valence-electron chi connectivity index (χ0n) is 11.3. The van der Waals surface area contributed by atoms with E-state index >= 15 is 0 Å². The molecule has 1 aliphatic heterocycles. The van der Waals surface area contributed by atoms with Crippen molar-refractivity contribution in [1.29, 1.82) is 0 Å². The molecule has 0 unspecified atom stereocenters. The van der Waals surface area contributed by atoms with Crippen LogP contribution in [0.3, 0.4) is 0 Å². The Labute approximate surface area is 125 Å². The van der Waals surface area contributed by atoms with Gasteiger partial charge in [-0.1, -0.05) is 23.7 Å². The Balaban J connectivity index is 1.84. The minimum Gasteiger partial charge on any atom is -0.341 e. The molecule has 0 saturated carbocycles. The van der Waals surface area contributed by atoms with Gasteiger partial charge in [-0.25, -0.2) is 4.79 Å². The number of para-hydroxylation sites is 1. The van der Waals surface area contributed by atoms with Gasteiger partial charge in [0.2, 0.25) is 5.91 Å². The van der Waals surface area contributed by atoms with Crippen LogP contribution in [0.15, 0.2) is 29.1 Å². The third kappa shape index (κ3) is 2.69. The quantitative estimate of drug-likeness (QED) is 0.837. The Morgan fingerprint density at radius 2 is 1.90 bits per heavy atom. The number of rotatable bonds is 3. The molecule has 3 rings (SSSR count). The second-order valence-electron chi connectivity index (χ2n) is 4.87. The lowest BCUT2D eigenvalue weighted by Crippen LogP contribution is -2.35. The molecule has 1 aromatic heterocycles. The first-order valence-electron chi connectivity index (χ1n) is 6.72. The van der Waals surface area contributed by atoms with Gasteiger partial charge in [0.25, 0.3) is 0 Å². The Morgan fingerprint density at radius 1 is 1.19 bits per heavy atom. The Kier molecular flexibility index (Phi) is 3.74. The van der Waals surface area contributed by atoms with Gasteiger partial charge >= 0.3 is 5.69 Å². The molecule has 7 nitrogen and oxygen atoms in total. The van der Waals surface area contributed by atoms with Gasteiger partial charge in [-0.2, -0.15) is 9.36 Å². The summed E-state index contributed by atoms with van der Waals surface area (Å²) in [5.74, 6) is -0.110. The summed E-state index contributed by atoms with van der Waals surface area (Å²) in [5.41, 5.74) is -0.0281. The molecule has 8 heteroatoms. The van der Waals surface area contributed by atoms with E-state index in [9.17, 15) is 9.59 Å². The Bertz CT molecular complexity index is 717. The highest BCUT2D eigenvalue weighted by atomic mass is 35.5. The van der Waals surface area contributed by atoms with Gasteiger partial charge in [0.15, 0.2) is 0 Å². The van der Waals surface area contributed by atoms with Crippen molar-refractivity contribution in [2.45, 2.75) is 19.4 Å². The maximum Gasteiger partial charge on any atom is 0.369 e. The molecule has 0 atom stereocenters. The fraction of sp³-hybridized carbons (Fsp3) is 0.385. The zero-order chi connectivity index (χ0) is 14.8. The number of benzene rings is 1. The molecular weight excluding hydrogens is 294 g/mol. The topological polar surface area (TPSA) is 73.0 Å². The fourth-order valence-corrected chi connectivity index (χ4v) is 2.56. The van der Waals surface area contributed by atoms with E-state index in [-0.39, 0.29) is 12.5 Å². The molecule has 0 radical (unpaired) electrons. The SMILES string of the molecule is O=C(Cn1nnn(-c2ccccc2Cl)c1=O)N1CCCC1. The average molecular weight is 308 g/mol. The largest absolute Gasteiger partial charge is 0.369 e. The molecule has 1 saturated heterocycles. The predicted octanol–water partition coefficient (Wildman–Crippen LogP) is 0.705. The van der Waals surface area contributed by atoms with Crippen LogP contribution in [-0.4, -0.2) is 43.7 Å². The Morgan fingerprint density at radius 3 is 2.62 bits per heavy atom. The average Bonchev–Trinajstić information content (AvgIpc) is 3.11. The van der Waals surface area contributed by atoms with Crippen LogP contribution in [0.2, 0.25) is 5.02 Å². The number of hydrogen-bond donors (Lipinski definition) is 0. The summed E-state index contributed by atoms with van der Waals surface area (Å²) in [7, 11) is 0. The monoisotopic (exact) mass is 307 g/mol. The number of aromatic nitrogens is 4. The van der Waals surface area contributed by atoms with Gasteiger partial charge in [0.05, 0.1) is 10.7 Å². The third-order valence-corrected chi connectivity index (χ3v) is 3.78. The van der Waals surface area contributed by atoms with Crippen molar-refractivity contribution in [3.8, 4) is 5.69 Å². The van der Waals surface area contributed by atoms with E-state index in [0.717, 1.165) is 35.3 Å². The first kappa shape index (κ1) is 13.8. The molecule has 2 heterocycles. The van der Waals surface area contributed by atoms with Crippen LogP contribution in [0.1, 0.15) is 12.8 Å². The van der Waals surface area contributed by atoms with E-state index < -0.39 is 5.69 Å². The lowest BCUT2D eigenvalue weighted by atomic mass is 10.3. The molecule has 1 aliphatic rings. The van der Waals surface area contributed by atoms with Crippen LogP contribution in [-0.2, 0) is 11.3 Å². The summed E-state index contributed by atoms with van der Waals surface area (Å²) < 4.78 is 2.16. The third-order valence-electron chi connectivity index (χ3n) is 3.46. The number of hydrogen-bond acceptors (Lipinski definition) is 4. The van der Waals surface area contributed by atoms with Gasteiger partial charge in [0, 0.05) is 13.1 Å². The van der Waals surface area contributed by atoms with Crippen molar-refractivity contribution < 1.29 is 4.79 Å². The highest BCUT2D eigenvalue weighted by Crippen LogP contribution is 2.16. The number of nitrogens with zero attached hydrogens (tertiary/aromatic N) is 5. The molecule has 110 valence electrons. The number of halogens is 1. The second-order valence-corrected chi connectivity index (χ2v) is 5.28. The molecule has 0 spiro atoms. The normalized spacial score (nSPS) is 14.6. The van der Waals surface area contributed by atoms with E-state index in [1.807, 2.05) is 0 Å². The van der Waals surface area contributed by atoms with Crippen molar-refractivity contribution in [2.24, 2.45) is 0 Å². The highest BCUT2D eigenvalue weighted by Gasteiger charge is 2.20. The maximum absolute atomic E-state index is 12.2. The van der Waals surface area contributed by atoms with Gasteiger partial charge in [-0.3, -0.25) is 4.79 Å². The van der Waals surface area contributed by atoms with E-state index in [4.69, 9.17) is 11.6 Å². The molecule has 0 aliphatic carbocycles. The summed E-state index contributed by atoms with van der Waals surface area (Å²) in [6, 6.07) is 6.85. The van der Waals surface area contributed by atoms with Crippen molar-refractivity contribution >= 4 is 17.5 Å². The number of carbonyl (C=O) groups excluding carboxylic acids is 1. The van der Waals surface area contributed by atoms with Crippen LogP contribution >= 0.6 is 11.6 Å². The summed E-state index contributed by atoms with van der Waals surface area (Å²) in [5, 5.41) is 7.94. The molecule has 1 amide bonds. The first-order chi connectivity index (χ1) is 10.2. The highest BCUT2D eigenvalue weighted by molar-refractivity contribution is 6.32.